The Bertz CT molecular complexity index is 330. The Morgan fingerprint density at radius 1 is 1.31 bits per heavy atom. The van der Waals surface area contributed by atoms with Gasteiger partial charge in [0.1, 0.15) is 0 Å². The third-order valence-electron chi connectivity index (χ3n) is 2.61. The molecule has 1 unspecified atom stereocenters. The second kappa shape index (κ2) is 6.01. The first-order valence-electron chi connectivity index (χ1n) is 5.17. The molecule has 1 aromatic carbocycles. The van der Waals surface area contributed by atoms with E-state index in [0.29, 0.717) is 12.5 Å². The van der Waals surface area contributed by atoms with Crippen molar-refractivity contribution < 1.29 is 9.47 Å². The first-order chi connectivity index (χ1) is 7.67. The lowest BCUT2D eigenvalue weighted by Gasteiger charge is -2.16. The highest BCUT2D eigenvalue weighted by atomic mass is 32.2. The third-order valence-corrected chi connectivity index (χ3v) is 3.35. The van der Waals surface area contributed by atoms with E-state index in [2.05, 4.69) is 13.0 Å². The Hall–Kier alpha value is -0.870. The van der Waals surface area contributed by atoms with Crippen LogP contribution in [0.15, 0.2) is 17.0 Å². The minimum Gasteiger partial charge on any atom is -0.493 e. The summed E-state index contributed by atoms with van der Waals surface area (Å²) in [7, 11) is 3.31. The fraction of sp³-hybridized carbons (Fsp3) is 0.500. The van der Waals surface area contributed by atoms with Crippen LogP contribution >= 0.6 is 11.8 Å². The molecule has 0 heterocycles. The Morgan fingerprint density at radius 2 is 2.00 bits per heavy atom. The van der Waals surface area contributed by atoms with Gasteiger partial charge < -0.3 is 15.2 Å². The molecule has 2 N–H and O–H groups in total. The Kier molecular flexibility index (Phi) is 4.96. The fourth-order valence-electron chi connectivity index (χ4n) is 1.52. The SMILES string of the molecule is COc1cc(C(C)CN)cc(SC)c1OC. The summed E-state index contributed by atoms with van der Waals surface area (Å²) < 4.78 is 10.7. The standard InChI is InChI=1S/C12H19NO2S/c1-8(7-13)9-5-10(14-2)12(15-3)11(6-9)16-4/h5-6,8H,7,13H2,1-4H3. The van der Waals surface area contributed by atoms with E-state index in [1.165, 1.54) is 5.56 Å². The molecule has 0 bridgehead atoms. The summed E-state index contributed by atoms with van der Waals surface area (Å²) in [5.41, 5.74) is 6.86. The van der Waals surface area contributed by atoms with Gasteiger partial charge in [-0.15, -0.1) is 11.8 Å². The van der Waals surface area contributed by atoms with Crippen LogP contribution in [0.4, 0.5) is 0 Å². The largest absolute Gasteiger partial charge is 0.493 e. The van der Waals surface area contributed by atoms with Gasteiger partial charge in [-0.1, -0.05) is 6.92 Å². The number of benzene rings is 1. The second-order valence-corrected chi connectivity index (χ2v) is 4.44. The lowest BCUT2D eigenvalue weighted by molar-refractivity contribution is 0.347. The molecule has 0 spiro atoms. The number of ether oxygens (including phenoxy) is 2. The molecule has 0 aromatic heterocycles. The predicted octanol–water partition coefficient (Wildman–Crippen LogP) is 2.49. The van der Waals surface area contributed by atoms with Crippen LogP contribution < -0.4 is 15.2 Å². The second-order valence-electron chi connectivity index (χ2n) is 3.60. The molecule has 0 saturated heterocycles. The summed E-state index contributed by atoms with van der Waals surface area (Å²) >= 11 is 1.65. The number of hydrogen-bond donors (Lipinski definition) is 1. The average molecular weight is 241 g/mol. The van der Waals surface area contributed by atoms with Crippen LogP contribution in [0.1, 0.15) is 18.4 Å². The van der Waals surface area contributed by atoms with Crippen molar-refractivity contribution in [2.75, 3.05) is 27.0 Å². The first-order valence-corrected chi connectivity index (χ1v) is 6.40. The first kappa shape index (κ1) is 13.2. The molecule has 0 aliphatic heterocycles. The highest BCUT2D eigenvalue weighted by Gasteiger charge is 2.14. The lowest BCUT2D eigenvalue weighted by atomic mass is 10.0. The summed E-state index contributed by atoms with van der Waals surface area (Å²) in [5.74, 6) is 1.89. The highest BCUT2D eigenvalue weighted by Crippen LogP contribution is 2.39. The number of rotatable bonds is 5. The fourth-order valence-corrected chi connectivity index (χ4v) is 2.15. The minimum atomic E-state index is 0.325. The molecule has 0 aliphatic rings. The van der Waals surface area contributed by atoms with Crippen molar-refractivity contribution >= 4 is 11.8 Å². The molecule has 1 atom stereocenters. The molecule has 0 saturated carbocycles. The van der Waals surface area contributed by atoms with Gasteiger partial charge in [-0.3, -0.25) is 0 Å². The van der Waals surface area contributed by atoms with E-state index in [1.54, 1.807) is 26.0 Å². The number of nitrogens with two attached hydrogens (primary N) is 1. The van der Waals surface area contributed by atoms with E-state index in [4.69, 9.17) is 15.2 Å². The van der Waals surface area contributed by atoms with Crippen molar-refractivity contribution in [2.45, 2.75) is 17.7 Å². The quantitative estimate of drug-likeness (QED) is 0.804. The van der Waals surface area contributed by atoms with Crippen LogP contribution in [-0.4, -0.2) is 27.0 Å². The van der Waals surface area contributed by atoms with E-state index in [-0.39, 0.29) is 0 Å². The topological polar surface area (TPSA) is 44.5 Å². The zero-order valence-electron chi connectivity index (χ0n) is 10.2. The molecule has 1 rings (SSSR count). The molecule has 4 heteroatoms. The minimum absolute atomic E-state index is 0.325. The monoisotopic (exact) mass is 241 g/mol. The van der Waals surface area contributed by atoms with Gasteiger partial charge in [0.25, 0.3) is 0 Å². The van der Waals surface area contributed by atoms with E-state index in [9.17, 15) is 0 Å². The third kappa shape index (κ3) is 2.62. The van der Waals surface area contributed by atoms with Crippen LogP contribution in [0.3, 0.4) is 0 Å². The molecule has 0 amide bonds. The molecule has 0 aliphatic carbocycles. The van der Waals surface area contributed by atoms with Crippen molar-refractivity contribution in [3.8, 4) is 11.5 Å². The van der Waals surface area contributed by atoms with Crippen molar-refractivity contribution in [1.29, 1.82) is 0 Å². The normalized spacial score (nSPS) is 12.3. The van der Waals surface area contributed by atoms with Crippen LogP contribution in [-0.2, 0) is 0 Å². The molecule has 16 heavy (non-hydrogen) atoms. The van der Waals surface area contributed by atoms with Crippen LogP contribution in [0.25, 0.3) is 0 Å². The molecular weight excluding hydrogens is 222 g/mol. The van der Waals surface area contributed by atoms with Gasteiger partial charge in [0.15, 0.2) is 11.5 Å². The van der Waals surface area contributed by atoms with Gasteiger partial charge in [-0.05, 0) is 36.4 Å². The molecule has 90 valence electrons. The molecule has 1 aromatic rings. The smallest absolute Gasteiger partial charge is 0.174 e. The summed E-state index contributed by atoms with van der Waals surface area (Å²) in [6.07, 6.45) is 2.02. The maximum Gasteiger partial charge on any atom is 0.174 e. The van der Waals surface area contributed by atoms with E-state index in [0.717, 1.165) is 16.4 Å². The van der Waals surface area contributed by atoms with Gasteiger partial charge in [-0.25, -0.2) is 0 Å². The van der Waals surface area contributed by atoms with Crippen molar-refractivity contribution in [3.63, 3.8) is 0 Å². The summed E-state index contributed by atoms with van der Waals surface area (Å²) in [5, 5.41) is 0. The van der Waals surface area contributed by atoms with Crippen LogP contribution in [0.2, 0.25) is 0 Å². The van der Waals surface area contributed by atoms with Crippen molar-refractivity contribution in [2.24, 2.45) is 5.73 Å². The molecule has 3 nitrogen and oxygen atoms in total. The van der Waals surface area contributed by atoms with Crippen LogP contribution in [0.5, 0.6) is 11.5 Å². The van der Waals surface area contributed by atoms with Gasteiger partial charge in [0.2, 0.25) is 0 Å². The van der Waals surface area contributed by atoms with Crippen LogP contribution in [0, 0.1) is 0 Å². The van der Waals surface area contributed by atoms with Gasteiger partial charge in [-0.2, -0.15) is 0 Å². The average Bonchev–Trinajstić information content (AvgIpc) is 2.35. The molecule has 0 radical (unpaired) electrons. The number of hydrogen-bond acceptors (Lipinski definition) is 4. The van der Waals surface area contributed by atoms with Gasteiger partial charge in [0, 0.05) is 0 Å². The predicted molar refractivity (Wildman–Crippen MR) is 68.8 cm³/mol. The summed E-state index contributed by atoms with van der Waals surface area (Å²) in [4.78, 5) is 1.08. The van der Waals surface area contributed by atoms with E-state index >= 15 is 0 Å². The highest BCUT2D eigenvalue weighted by molar-refractivity contribution is 7.98. The van der Waals surface area contributed by atoms with E-state index in [1.807, 2.05) is 12.3 Å². The molecular formula is C12H19NO2S. The summed E-state index contributed by atoms with van der Waals surface area (Å²) in [6, 6.07) is 4.11. The Morgan fingerprint density at radius 3 is 2.44 bits per heavy atom. The van der Waals surface area contributed by atoms with Gasteiger partial charge >= 0.3 is 0 Å². The summed E-state index contributed by atoms with van der Waals surface area (Å²) in [6.45, 7) is 2.73. The Labute approximate surface area is 101 Å². The maximum atomic E-state index is 5.68. The Balaban J connectivity index is 3.25. The lowest BCUT2D eigenvalue weighted by Crippen LogP contribution is -2.09. The number of thioether (sulfide) groups is 1. The molecule has 0 fully saturated rings. The van der Waals surface area contributed by atoms with E-state index < -0.39 is 0 Å². The zero-order chi connectivity index (χ0) is 12.1. The van der Waals surface area contributed by atoms with Gasteiger partial charge in [0.05, 0.1) is 19.1 Å². The van der Waals surface area contributed by atoms with Crippen molar-refractivity contribution in [1.82, 2.24) is 0 Å². The zero-order valence-corrected chi connectivity index (χ0v) is 11.1. The maximum absolute atomic E-state index is 5.68. The van der Waals surface area contributed by atoms with Crippen molar-refractivity contribution in [3.05, 3.63) is 17.7 Å². The number of methoxy groups -OCH3 is 2.